The normalized spacial score (nSPS) is 30.5. The van der Waals surface area contributed by atoms with Crippen LogP contribution < -0.4 is 10.6 Å². The molecule has 92 valence electrons. The van der Waals surface area contributed by atoms with Gasteiger partial charge in [-0.25, -0.2) is 0 Å². The molecule has 1 aromatic rings. The van der Waals surface area contributed by atoms with E-state index in [-0.39, 0.29) is 0 Å². The van der Waals surface area contributed by atoms with Gasteiger partial charge in [0.2, 0.25) is 0 Å². The van der Waals surface area contributed by atoms with Gasteiger partial charge in [-0.3, -0.25) is 0 Å². The number of benzene rings is 1. The molecule has 1 unspecified atom stereocenters. The standard InChI is InChI=1S/C14H20N2O/c1-17-13-7-11(8-13)15-9-12-6-10-4-2-3-5-14(10)16-12/h2-5,11-13,15-16H,6-9H2,1H3. The van der Waals surface area contributed by atoms with Gasteiger partial charge >= 0.3 is 0 Å². The van der Waals surface area contributed by atoms with E-state index in [9.17, 15) is 0 Å². The second-order valence-electron chi connectivity index (χ2n) is 5.14. The van der Waals surface area contributed by atoms with Crippen molar-refractivity contribution < 1.29 is 4.74 Å². The topological polar surface area (TPSA) is 33.3 Å². The molecule has 1 heterocycles. The number of methoxy groups -OCH3 is 1. The van der Waals surface area contributed by atoms with E-state index in [0.29, 0.717) is 18.2 Å². The van der Waals surface area contributed by atoms with Gasteiger partial charge in [-0.2, -0.15) is 0 Å². The van der Waals surface area contributed by atoms with Crippen LogP contribution in [0.1, 0.15) is 18.4 Å². The molecule has 0 aromatic heterocycles. The fourth-order valence-electron chi connectivity index (χ4n) is 2.73. The Morgan fingerprint density at radius 3 is 2.94 bits per heavy atom. The first-order valence-corrected chi connectivity index (χ1v) is 6.46. The fourth-order valence-corrected chi connectivity index (χ4v) is 2.73. The Bertz CT molecular complexity index is 363. The van der Waals surface area contributed by atoms with Crippen LogP contribution in [-0.4, -0.2) is 31.8 Å². The highest BCUT2D eigenvalue weighted by Gasteiger charge is 2.29. The van der Waals surface area contributed by atoms with Crippen LogP contribution in [0.15, 0.2) is 24.3 Å². The lowest BCUT2D eigenvalue weighted by atomic mass is 9.89. The molecular formula is C14H20N2O. The Labute approximate surface area is 103 Å². The van der Waals surface area contributed by atoms with Crippen molar-refractivity contribution in [1.82, 2.24) is 5.32 Å². The monoisotopic (exact) mass is 232 g/mol. The van der Waals surface area contributed by atoms with Gasteiger partial charge in [0.25, 0.3) is 0 Å². The summed E-state index contributed by atoms with van der Waals surface area (Å²) < 4.78 is 5.28. The van der Waals surface area contributed by atoms with Crippen LogP contribution >= 0.6 is 0 Å². The van der Waals surface area contributed by atoms with Crippen molar-refractivity contribution in [3.8, 4) is 0 Å². The van der Waals surface area contributed by atoms with E-state index < -0.39 is 0 Å². The SMILES string of the molecule is COC1CC(NCC2Cc3ccccc3N2)C1. The quantitative estimate of drug-likeness (QED) is 0.830. The number of anilines is 1. The zero-order valence-corrected chi connectivity index (χ0v) is 10.3. The van der Waals surface area contributed by atoms with Crippen LogP contribution in [0.5, 0.6) is 0 Å². The molecule has 2 aliphatic rings. The summed E-state index contributed by atoms with van der Waals surface area (Å²) in [5.41, 5.74) is 2.75. The summed E-state index contributed by atoms with van der Waals surface area (Å²) >= 11 is 0. The van der Waals surface area contributed by atoms with Gasteiger partial charge < -0.3 is 15.4 Å². The number of ether oxygens (including phenoxy) is 1. The maximum Gasteiger partial charge on any atom is 0.0601 e. The van der Waals surface area contributed by atoms with Crippen LogP contribution in [0.2, 0.25) is 0 Å². The zero-order valence-electron chi connectivity index (χ0n) is 10.3. The molecule has 3 rings (SSSR count). The Morgan fingerprint density at radius 2 is 2.18 bits per heavy atom. The third-order valence-electron chi connectivity index (χ3n) is 3.92. The van der Waals surface area contributed by atoms with Crippen molar-refractivity contribution in [2.24, 2.45) is 0 Å². The van der Waals surface area contributed by atoms with E-state index in [1.165, 1.54) is 11.3 Å². The lowest BCUT2D eigenvalue weighted by Gasteiger charge is -2.35. The first kappa shape index (κ1) is 11.1. The van der Waals surface area contributed by atoms with Crippen molar-refractivity contribution in [1.29, 1.82) is 0 Å². The number of fused-ring (bicyclic) bond motifs is 1. The molecule has 1 aliphatic carbocycles. The minimum atomic E-state index is 0.487. The largest absolute Gasteiger partial charge is 0.381 e. The molecule has 3 heteroatoms. The van der Waals surface area contributed by atoms with Crippen molar-refractivity contribution in [3.05, 3.63) is 29.8 Å². The van der Waals surface area contributed by atoms with E-state index in [1.807, 2.05) is 0 Å². The minimum Gasteiger partial charge on any atom is -0.381 e. The zero-order chi connectivity index (χ0) is 11.7. The van der Waals surface area contributed by atoms with E-state index in [1.54, 1.807) is 7.11 Å². The minimum absolute atomic E-state index is 0.487. The Morgan fingerprint density at radius 1 is 1.35 bits per heavy atom. The van der Waals surface area contributed by atoms with Crippen molar-refractivity contribution >= 4 is 5.69 Å². The van der Waals surface area contributed by atoms with Crippen LogP contribution in [0, 0.1) is 0 Å². The summed E-state index contributed by atoms with van der Waals surface area (Å²) in [6, 6.07) is 9.80. The smallest absolute Gasteiger partial charge is 0.0601 e. The van der Waals surface area contributed by atoms with E-state index in [2.05, 4.69) is 34.9 Å². The van der Waals surface area contributed by atoms with Crippen LogP contribution in [0.25, 0.3) is 0 Å². The van der Waals surface area contributed by atoms with Gasteiger partial charge in [-0.15, -0.1) is 0 Å². The number of para-hydroxylation sites is 1. The summed E-state index contributed by atoms with van der Waals surface area (Å²) in [6.45, 7) is 1.05. The van der Waals surface area contributed by atoms with Gasteiger partial charge in [0.1, 0.15) is 0 Å². The molecule has 0 spiro atoms. The first-order valence-electron chi connectivity index (χ1n) is 6.46. The van der Waals surface area contributed by atoms with E-state index >= 15 is 0 Å². The number of nitrogens with one attached hydrogen (secondary N) is 2. The molecule has 1 saturated carbocycles. The van der Waals surface area contributed by atoms with Crippen LogP contribution in [0.3, 0.4) is 0 Å². The third-order valence-corrected chi connectivity index (χ3v) is 3.92. The molecule has 1 aliphatic heterocycles. The number of hydrogen-bond acceptors (Lipinski definition) is 3. The highest BCUT2D eigenvalue weighted by atomic mass is 16.5. The Balaban J connectivity index is 1.44. The molecule has 0 radical (unpaired) electrons. The maximum atomic E-state index is 5.28. The molecule has 3 nitrogen and oxygen atoms in total. The summed E-state index contributed by atoms with van der Waals surface area (Å²) in [4.78, 5) is 0. The number of rotatable bonds is 4. The molecule has 17 heavy (non-hydrogen) atoms. The fraction of sp³-hybridized carbons (Fsp3) is 0.571. The van der Waals surface area contributed by atoms with Crippen LogP contribution in [-0.2, 0) is 11.2 Å². The highest BCUT2D eigenvalue weighted by molar-refractivity contribution is 5.56. The molecule has 0 bridgehead atoms. The Hall–Kier alpha value is -1.06. The van der Waals surface area contributed by atoms with Gasteiger partial charge in [0.05, 0.1) is 6.10 Å². The molecular weight excluding hydrogens is 212 g/mol. The molecule has 0 saturated heterocycles. The Kier molecular flexibility index (Phi) is 3.04. The first-order chi connectivity index (χ1) is 8.35. The van der Waals surface area contributed by atoms with Gasteiger partial charge in [0.15, 0.2) is 0 Å². The van der Waals surface area contributed by atoms with Gasteiger partial charge in [0, 0.05) is 31.4 Å². The lowest BCUT2D eigenvalue weighted by molar-refractivity contribution is 0.0174. The second-order valence-corrected chi connectivity index (χ2v) is 5.14. The average molecular weight is 232 g/mol. The molecule has 1 atom stereocenters. The second kappa shape index (κ2) is 4.67. The highest BCUT2D eigenvalue weighted by Crippen LogP contribution is 2.26. The van der Waals surface area contributed by atoms with Gasteiger partial charge in [-0.1, -0.05) is 18.2 Å². The van der Waals surface area contributed by atoms with E-state index in [0.717, 1.165) is 25.8 Å². The molecule has 1 fully saturated rings. The maximum absolute atomic E-state index is 5.28. The summed E-state index contributed by atoms with van der Waals surface area (Å²) in [7, 11) is 1.80. The predicted molar refractivity (Wildman–Crippen MR) is 69.4 cm³/mol. The van der Waals surface area contributed by atoms with E-state index in [4.69, 9.17) is 4.74 Å². The molecule has 0 amide bonds. The average Bonchev–Trinajstić information content (AvgIpc) is 2.69. The summed E-state index contributed by atoms with van der Waals surface area (Å²) in [5.74, 6) is 0. The van der Waals surface area contributed by atoms with Crippen molar-refractivity contribution in [2.75, 3.05) is 19.0 Å². The molecule has 2 N–H and O–H groups in total. The van der Waals surface area contributed by atoms with Crippen LogP contribution in [0.4, 0.5) is 5.69 Å². The number of hydrogen-bond donors (Lipinski definition) is 2. The summed E-state index contributed by atoms with van der Waals surface area (Å²) in [5, 5.41) is 7.19. The van der Waals surface area contributed by atoms with Crippen molar-refractivity contribution in [3.63, 3.8) is 0 Å². The molecule has 1 aromatic carbocycles. The van der Waals surface area contributed by atoms with Crippen molar-refractivity contribution in [2.45, 2.75) is 37.5 Å². The van der Waals surface area contributed by atoms with Gasteiger partial charge in [-0.05, 0) is 30.9 Å². The predicted octanol–water partition coefficient (Wildman–Crippen LogP) is 1.79. The lowest BCUT2D eigenvalue weighted by Crippen LogP contribution is -2.48. The third kappa shape index (κ3) is 2.31. The summed E-state index contributed by atoms with van der Waals surface area (Å²) in [6.07, 6.45) is 3.96.